The van der Waals surface area contributed by atoms with Crippen LogP contribution in [0.3, 0.4) is 0 Å². The molecule has 1 fully saturated rings. The lowest BCUT2D eigenvalue weighted by Crippen LogP contribution is -2.46. The van der Waals surface area contributed by atoms with Crippen molar-refractivity contribution in [1.82, 2.24) is 14.9 Å². The highest BCUT2D eigenvalue weighted by molar-refractivity contribution is 6.59. The molecule has 0 aromatic carbocycles. The quantitative estimate of drug-likeness (QED) is 0.624. The van der Waals surface area contributed by atoms with Crippen LogP contribution < -0.4 is 10.4 Å². The molecule has 7 heteroatoms. The van der Waals surface area contributed by atoms with Gasteiger partial charge in [0, 0.05) is 43.0 Å². The van der Waals surface area contributed by atoms with E-state index in [0.29, 0.717) is 22.8 Å². The van der Waals surface area contributed by atoms with Gasteiger partial charge in [-0.3, -0.25) is 0 Å². The van der Waals surface area contributed by atoms with Crippen molar-refractivity contribution in [2.45, 2.75) is 13.8 Å². The molecule has 1 aromatic heterocycles. The van der Waals surface area contributed by atoms with E-state index in [1.165, 1.54) is 0 Å². The van der Waals surface area contributed by atoms with Gasteiger partial charge in [-0.25, -0.2) is 9.97 Å². The van der Waals surface area contributed by atoms with Gasteiger partial charge in [-0.1, -0.05) is 0 Å². The average Bonchev–Trinajstić information content (AvgIpc) is 2.28. The van der Waals surface area contributed by atoms with Crippen molar-refractivity contribution in [3.8, 4) is 0 Å². The Morgan fingerprint density at radius 2 is 1.50 bits per heavy atom. The minimum Gasteiger partial charge on any atom is -0.423 e. The molecular formula is C11H19BN4O2. The maximum Gasteiger partial charge on any atom is 0.492 e. The van der Waals surface area contributed by atoms with Crippen LogP contribution in [0.1, 0.15) is 11.4 Å². The molecule has 0 aliphatic carbocycles. The van der Waals surface area contributed by atoms with Crippen LogP contribution in [0.5, 0.6) is 0 Å². The van der Waals surface area contributed by atoms with Crippen molar-refractivity contribution in [2.75, 3.05) is 38.1 Å². The lowest BCUT2D eigenvalue weighted by atomic mass is 9.78. The van der Waals surface area contributed by atoms with Crippen molar-refractivity contribution in [3.63, 3.8) is 0 Å². The van der Waals surface area contributed by atoms with E-state index in [2.05, 4.69) is 26.8 Å². The van der Waals surface area contributed by atoms with Gasteiger partial charge in [0.15, 0.2) is 0 Å². The molecule has 1 aliphatic heterocycles. The third-order valence-electron chi connectivity index (χ3n) is 3.36. The highest BCUT2D eigenvalue weighted by Crippen LogP contribution is 2.11. The molecule has 1 aliphatic rings. The fraction of sp³-hybridized carbons (Fsp3) is 0.636. The van der Waals surface area contributed by atoms with Gasteiger partial charge < -0.3 is 19.8 Å². The molecule has 1 aromatic rings. The van der Waals surface area contributed by atoms with Crippen molar-refractivity contribution in [2.24, 2.45) is 0 Å². The summed E-state index contributed by atoms with van der Waals surface area (Å²) in [5.74, 6) is 0.683. The lowest BCUT2D eigenvalue weighted by molar-refractivity contribution is 0.311. The monoisotopic (exact) mass is 250 g/mol. The summed E-state index contributed by atoms with van der Waals surface area (Å²) in [6, 6.07) is 0. The second-order valence-electron chi connectivity index (χ2n) is 4.77. The minimum absolute atomic E-state index is 0.410. The number of nitrogens with zero attached hydrogens (tertiary/aromatic N) is 4. The van der Waals surface area contributed by atoms with Gasteiger partial charge in [0.1, 0.15) is 0 Å². The summed E-state index contributed by atoms with van der Waals surface area (Å²) >= 11 is 0. The van der Waals surface area contributed by atoms with Crippen molar-refractivity contribution in [1.29, 1.82) is 0 Å². The molecule has 0 saturated carbocycles. The summed E-state index contributed by atoms with van der Waals surface area (Å²) in [6.07, 6.45) is 0. The Bertz CT molecular complexity index is 410. The topological polar surface area (TPSA) is 72.7 Å². The second kappa shape index (κ2) is 5.21. The maximum atomic E-state index is 9.28. The molecule has 98 valence electrons. The Morgan fingerprint density at radius 3 is 1.94 bits per heavy atom. The van der Waals surface area contributed by atoms with E-state index in [4.69, 9.17) is 0 Å². The zero-order valence-corrected chi connectivity index (χ0v) is 11.1. The number of hydrogen-bond donors (Lipinski definition) is 2. The van der Waals surface area contributed by atoms with E-state index >= 15 is 0 Å². The van der Waals surface area contributed by atoms with Gasteiger partial charge in [-0.2, -0.15) is 0 Å². The highest BCUT2D eigenvalue weighted by atomic mass is 16.4. The number of rotatable bonds is 2. The standard InChI is InChI=1S/C11H19BN4O2/c1-8-10(12(17)18)9(2)14-11(13-8)16-6-4-15(3)5-7-16/h17-18H,4-7H2,1-3H3. The first-order valence-electron chi connectivity index (χ1n) is 6.14. The van der Waals surface area contributed by atoms with Crippen molar-refractivity contribution in [3.05, 3.63) is 11.4 Å². The number of hydrogen-bond acceptors (Lipinski definition) is 6. The fourth-order valence-electron chi connectivity index (χ4n) is 2.23. The predicted molar refractivity (Wildman–Crippen MR) is 71.0 cm³/mol. The molecule has 0 spiro atoms. The Hall–Kier alpha value is -1.18. The number of aromatic nitrogens is 2. The number of aryl methyl sites for hydroxylation is 2. The summed E-state index contributed by atoms with van der Waals surface area (Å²) < 4.78 is 0. The molecule has 6 nitrogen and oxygen atoms in total. The molecule has 2 heterocycles. The number of piperazine rings is 1. The molecule has 0 bridgehead atoms. The Morgan fingerprint density at radius 1 is 1.00 bits per heavy atom. The van der Waals surface area contributed by atoms with Crippen LogP contribution in [0.25, 0.3) is 0 Å². The number of anilines is 1. The van der Waals surface area contributed by atoms with Crippen LogP contribution >= 0.6 is 0 Å². The summed E-state index contributed by atoms with van der Waals surface area (Å²) in [6.45, 7) is 7.34. The largest absolute Gasteiger partial charge is 0.492 e. The van der Waals surface area contributed by atoms with E-state index in [0.717, 1.165) is 26.2 Å². The van der Waals surface area contributed by atoms with Gasteiger partial charge in [0.2, 0.25) is 5.95 Å². The second-order valence-corrected chi connectivity index (χ2v) is 4.77. The normalized spacial score (nSPS) is 17.1. The first kappa shape index (κ1) is 13.3. The van der Waals surface area contributed by atoms with E-state index < -0.39 is 7.12 Å². The van der Waals surface area contributed by atoms with Crippen LogP contribution in [-0.4, -0.2) is 65.3 Å². The van der Waals surface area contributed by atoms with Crippen LogP contribution in [-0.2, 0) is 0 Å². The molecule has 0 amide bonds. The summed E-state index contributed by atoms with van der Waals surface area (Å²) in [7, 11) is 0.589. The summed E-state index contributed by atoms with van der Waals surface area (Å²) in [5, 5.41) is 18.6. The minimum atomic E-state index is -1.51. The van der Waals surface area contributed by atoms with Crippen LogP contribution in [0.4, 0.5) is 5.95 Å². The van der Waals surface area contributed by atoms with Gasteiger partial charge in [-0.05, 0) is 20.9 Å². The number of likely N-dealkylation sites (N-methyl/N-ethyl adjacent to an activating group) is 1. The van der Waals surface area contributed by atoms with E-state index in [9.17, 15) is 10.0 Å². The molecule has 0 unspecified atom stereocenters. The van der Waals surface area contributed by atoms with E-state index in [1.807, 2.05) is 0 Å². The third kappa shape index (κ3) is 2.63. The molecule has 2 rings (SSSR count). The smallest absolute Gasteiger partial charge is 0.423 e. The highest BCUT2D eigenvalue weighted by Gasteiger charge is 2.23. The molecule has 0 atom stereocenters. The zero-order valence-electron chi connectivity index (χ0n) is 11.1. The van der Waals surface area contributed by atoms with Crippen LogP contribution in [0.15, 0.2) is 0 Å². The molecule has 18 heavy (non-hydrogen) atoms. The van der Waals surface area contributed by atoms with Crippen LogP contribution in [0, 0.1) is 13.8 Å². The fourth-order valence-corrected chi connectivity index (χ4v) is 2.23. The Labute approximate surface area is 107 Å². The first-order valence-corrected chi connectivity index (χ1v) is 6.14. The molecule has 0 radical (unpaired) electrons. The maximum absolute atomic E-state index is 9.28. The van der Waals surface area contributed by atoms with Crippen LogP contribution in [0.2, 0.25) is 0 Å². The van der Waals surface area contributed by atoms with Gasteiger partial charge in [0.25, 0.3) is 0 Å². The van der Waals surface area contributed by atoms with E-state index in [-0.39, 0.29) is 0 Å². The van der Waals surface area contributed by atoms with Gasteiger partial charge in [0.05, 0.1) is 0 Å². The van der Waals surface area contributed by atoms with Crippen molar-refractivity contribution >= 4 is 18.5 Å². The van der Waals surface area contributed by atoms with Gasteiger partial charge in [-0.15, -0.1) is 0 Å². The first-order chi connectivity index (χ1) is 8.49. The van der Waals surface area contributed by atoms with Crippen molar-refractivity contribution < 1.29 is 10.0 Å². The summed E-state index contributed by atoms with van der Waals surface area (Å²) in [5.41, 5.74) is 1.67. The lowest BCUT2D eigenvalue weighted by Gasteiger charge is -2.32. The Kier molecular flexibility index (Phi) is 3.84. The third-order valence-corrected chi connectivity index (χ3v) is 3.36. The molecule has 1 saturated heterocycles. The SMILES string of the molecule is Cc1nc(N2CCN(C)CC2)nc(C)c1B(O)O. The summed E-state index contributed by atoms with van der Waals surface area (Å²) in [4.78, 5) is 13.2. The van der Waals surface area contributed by atoms with Gasteiger partial charge >= 0.3 is 7.12 Å². The molecule has 2 N–H and O–H groups in total. The average molecular weight is 250 g/mol. The predicted octanol–water partition coefficient (Wildman–Crippen LogP) is -1.47. The molecular weight excluding hydrogens is 231 g/mol. The van der Waals surface area contributed by atoms with E-state index in [1.54, 1.807) is 13.8 Å². The zero-order chi connectivity index (χ0) is 13.3. The Balaban J connectivity index is 2.25.